The van der Waals surface area contributed by atoms with Gasteiger partial charge >= 0.3 is 0 Å². The maximum absolute atomic E-state index is 12.7. The monoisotopic (exact) mass is 491 g/mol. The number of methoxy groups -OCH3 is 2. The molecule has 0 spiro atoms. The van der Waals surface area contributed by atoms with Crippen molar-refractivity contribution in [1.29, 1.82) is 0 Å². The van der Waals surface area contributed by atoms with Crippen LogP contribution in [0.25, 0.3) is 0 Å². The number of nitrogens with one attached hydrogen (secondary N) is 3. The summed E-state index contributed by atoms with van der Waals surface area (Å²) in [7, 11) is 2.94. The van der Waals surface area contributed by atoms with Crippen LogP contribution >= 0.6 is 0 Å². The van der Waals surface area contributed by atoms with Crippen LogP contribution in [0.15, 0.2) is 72.8 Å². The zero-order valence-electron chi connectivity index (χ0n) is 20.4. The fourth-order valence-corrected chi connectivity index (χ4v) is 3.29. The Labute approximate surface area is 209 Å². The van der Waals surface area contributed by atoms with Crippen LogP contribution < -0.4 is 30.2 Å². The van der Waals surface area contributed by atoms with Gasteiger partial charge in [0.15, 0.2) is 18.1 Å². The fraction of sp³-hybridized carbons (Fsp3) is 0.222. The van der Waals surface area contributed by atoms with Crippen molar-refractivity contribution in [3.63, 3.8) is 0 Å². The lowest BCUT2D eigenvalue weighted by molar-refractivity contribution is -0.122. The average Bonchev–Trinajstić information content (AvgIpc) is 2.91. The second-order valence-corrected chi connectivity index (χ2v) is 7.80. The van der Waals surface area contributed by atoms with Crippen molar-refractivity contribution in [2.45, 2.75) is 19.5 Å². The topological polar surface area (TPSA) is 115 Å². The highest BCUT2D eigenvalue weighted by Crippen LogP contribution is 2.28. The summed E-state index contributed by atoms with van der Waals surface area (Å²) in [4.78, 5) is 37.4. The third-order valence-corrected chi connectivity index (χ3v) is 5.22. The number of carbonyl (C=O) groups is 3. The first-order chi connectivity index (χ1) is 17.4. The molecule has 3 aromatic rings. The maximum Gasteiger partial charge on any atom is 0.262 e. The highest BCUT2D eigenvalue weighted by Gasteiger charge is 2.18. The van der Waals surface area contributed by atoms with Crippen molar-refractivity contribution in [3.8, 4) is 17.2 Å². The zero-order chi connectivity index (χ0) is 25.9. The van der Waals surface area contributed by atoms with Gasteiger partial charge in [-0.3, -0.25) is 14.4 Å². The summed E-state index contributed by atoms with van der Waals surface area (Å²) in [6, 6.07) is 20.3. The summed E-state index contributed by atoms with van der Waals surface area (Å²) in [6.45, 7) is 1.69. The average molecular weight is 492 g/mol. The van der Waals surface area contributed by atoms with Gasteiger partial charge in [0.2, 0.25) is 5.91 Å². The van der Waals surface area contributed by atoms with Crippen molar-refractivity contribution in [2.24, 2.45) is 0 Å². The summed E-state index contributed by atoms with van der Waals surface area (Å²) in [5, 5.41) is 8.18. The molecular weight excluding hydrogens is 462 g/mol. The molecule has 0 saturated carbocycles. The highest BCUT2D eigenvalue weighted by molar-refractivity contribution is 5.98. The van der Waals surface area contributed by atoms with Gasteiger partial charge in [0.05, 0.1) is 19.9 Å². The molecule has 0 heterocycles. The van der Waals surface area contributed by atoms with Crippen LogP contribution in [0.1, 0.15) is 22.8 Å². The van der Waals surface area contributed by atoms with Crippen LogP contribution in [-0.4, -0.2) is 44.6 Å². The van der Waals surface area contributed by atoms with E-state index in [-0.39, 0.29) is 29.6 Å². The van der Waals surface area contributed by atoms with Crippen LogP contribution in [0.4, 0.5) is 5.69 Å². The normalized spacial score (nSPS) is 11.1. The number of rotatable bonds is 11. The summed E-state index contributed by atoms with van der Waals surface area (Å²) in [5.74, 6) is -0.0522. The molecular formula is C27H29N3O6. The van der Waals surface area contributed by atoms with Gasteiger partial charge in [-0.2, -0.15) is 0 Å². The van der Waals surface area contributed by atoms with E-state index in [4.69, 9.17) is 14.2 Å². The molecule has 0 aliphatic carbocycles. The smallest absolute Gasteiger partial charge is 0.262 e. The second kappa shape index (κ2) is 12.8. The summed E-state index contributed by atoms with van der Waals surface area (Å²) >= 11 is 0. The van der Waals surface area contributed by atoms with Gasteiger partial charge in [-0.1, -0.05) is 42.5 Å². The molecule has 3 amide bonds. The van der Waals surface area contributed by atoms with Gasteiger partial charge in [-0.05, 0) is 42.8 Å². The van der Waals surface area contributed by atoms with Gasteiger partial charge in [-0.15, -0.1) is 0 Å². The number of ether oxygens (including phenoxy) is 3. The van der Waals surface area contributed by atoms with E-state index >= 15 is 0 Å². The van der Waals surface area contributed by atoms with Crippen LogP contribution in [-0.2, 0) is 16.1 Å². The standard InChI is InChI=1S/C27H29N3O6/c1-18(26(32)28-16-19-9-5-4-6-10-19)29-27(33)20-13-14-23(24(15-20)35-3)36-17-25(31)30-21-11-7-8-12-22(21)34-2/h4-15,18H,16-17H2,1-3H3,(H,28,32)(H,29,33)(H,30,31). The molecule has 0 radical (unpaired) electrons. The Bertz CT molecular complexity index is 1200. The number of anilines is 1. The van der Waals surface area contributed by atoms with Crippen molar-refractivity contribution >= 4 is 23.4 Å². The fourth-order valence-electron chi connectivity index (χ4n) is 3.29. The number of carbonyl (C=O) groups excluding carboxylic acids is 3. The summed E-state index contributed by atoms with van der Waals surface area (Å²) in [5.41, 5.74) is 1.76. The minimum absolute atomic E-state index is 0.272. The zero-order valence-corrected chi connectivity index (χ0v) is 20.4. The molecule has 9 heteroatoms. The number of benzene rings is 3. The first kappa shape index (κ1) is 26.1. The predicted octanol–water partition coefficient (Wildman–Crippen LogP) is 3.16. The lowest BCUT2D eigenvalue weighted by Gasteiger charge is -2.16. The molecule has 1 unspecified atom stereocenters. The Hall–Kier alpha value is -4.53. The van der Waals surface area contributed by atoms with Gasteiger partial charge in [0.25, 0.3) is 11.8 Å². The van der Waals surface area contributed by atoms with Gasteiger partial charge in [0.1, 0.15) is 11.8 Å². The number of amides is 3. The molecule has 36 heavy (non-hydrogen) atoms. The maximum atomic E-state index is 12.7. The molecule has 0 aromatic heterocycles. The minimum atomic E-state index is -0.748. The van der Waals surface area contributed by atoms with E-state index in [1.807, 2.05) is 30.3 Å². The lowest BCUT2D eigenvalue weighted by Crippen LogP contribution is -2.44. The molecule has 3 aromatic carbocycles. The molecule has 0 bridgehead atoms. The van der Waals surface area contributed by atoms with E-state index in [1.165, 1.54) is 32.4 Å². The number of para-hydroxylation sites is 2. The Morgan fingerprint density at radius 1 is 0.833 bits per heavy atom. The van der Waals surface area contributed by atoms with Crippen molar-refractivity contribution in [3.05, 3.63) is 83.9 Å². The van der Waals surface area contributed by atoms with Crippen LogP contribution in [0, 0.1) is 0 Å². The van der Waals surface area contributed by atoms with E-state index in [1.54, 1.807) is 31.2 Å². The van der Waals surface area contributed by atoms with Gasteiger partial charge in [0, 0.05) is 12.1 Å². The Morgan fingerprint density at radius 3 is 2.25 bits per heavy atom. The molecule has 3 rings (SSSR count). The van der Waals surface area contributed by atoms with Gasteiger partial charge < -0.3 is 30.2 Å². The van der Waals surface area contributed by atoms with Crippen LogP contribution in [0.2, 0.25) is 0 Å². The highest BCUT2D eigenvalue weighted by atomic mass is 16.5. The Kier molecular flexibility index (Phi) is 9.27. The number of hydrogen-bond acceptors (Lipinski definition) is 6. The quantitative estimate of drug-likeness (QED) is 0.380. The Morgan fingerprint density at radius 2 is 1.53 bits per heavy atom. The van der Waals surface area contributed by atoms with Crippen molar-refractivity contribution < 1.29 is 28.6 Å². The molecule has 0 aliphatic heterocycles. The van der Waals surface area contributed by atoms with Crippen LogP contribution in [0.5, 0.6) is 17.2 Å². The van der Waals surface area contributed by atoms with E-state index in [0.717, 1.165) is 5.56 Å². The van der Waals surface area contributed by atoms with E-state index in [9.17, 15) is 14.4 Å². The molecule has 3 N–H and O–H groups in total. The molecule has 1 atom stereocenters. The minimum Gasteiger partial charge on any atom is -0.495 e. The van der Waals surface area contributed by atoms with Crippen molar-refractivity contribution in [1.82, 2.24) is 10.6 Å². The van der Waals surface area contributed by atoms with Gasteiger partial charge in [-0.25, -0.2) is 0 Å². The first-order valence-corrected chi connectivity index (χ1v) is 11.3. The molecule has 0 fully saturated rings. The van der Waals surface area contributed by atoms with E-state index < -0.39 is 17.9 Å². The Balaban J connectivity index is 1.55. The molecule has 188 valence electrons. The third kappa shape index (κ3) is 7.23. The second-order valence-electron chi connectivity index (χ2n) is 7.80. The SMILES string of the molecule is COc1ccccc1NC(=O)COc1ccc(C(=O)NC(C)C(=O)NCc2ccccc2)cc1OC. The molecule has 0 saturated heterocycles. The third-order valence-electron chi connectivity index (χ3n) is 5.22. The van der Waals surface area contributed by atoms with E-state index in [0.29, 0.717) is 18.0 Å². The molecule has 0 aliphatic rings. The predicted molar refractivity (Wildman–Crippen MR) is 135 cm³/mol. The van der Waals surface area contributed by atoms with Crippen LogP contribution in [0.3, 0.4) is 0 Å². The van der Waals surface area contributed by atoms with Crippen molar-refractivity contribution in [2.75, 3.05) is 26.1 Å². The summed E-state index contributed by atoms with van der Waals surface area (Å²) in [6.07, 6.45) is 0. The number of hydrogen-bond donors (Lipinski definition) is 3. The summed E-state index contributed by atoms with van der Waals surface area (Å²) < 4.78 is 16.1. The van der Waals surface area contributed by atoms with E-state index in [2.05, 4.69) is 16.0 Å². The first-order valence-electron chi connectivity index (χ1n) is 11.3. The lowest BCUT2D eigenvalue weighted by atomic mass is 10.1. The largest absolute Gasteiger partial charge is 0.495 e. The molecule has 9 nitrogen and oxygen atoms in total.